The molecule has 1 aliphatic rings. The molecule has 0 saturated heterocycles. The molecule has 6 nitrogen and oxygen atoms in total. The zero-order chi connectivity index (χ0) is 22.1. The van der Waals surface area contributed by atoms with Crippen molar-refractivity contribution in [1.29, 1.82) is 0 Å². The number of halogens is 1. The van der Waals surface area contributed by atoms with Gasteiger partial charge in [0, 0.05) is 38.8 Å². The predicted octanol–water partition coefficient (Wildman–Crippen LogP) is 5.93. The lowest BCUT2D eigenvalue weighted by Gasteiger charge is -2.12. The van der Waals surface area contributed by atoms with Crippen LogP contribution in [0.2, 0.25) is 5.02 Å². The van der Waals surface area contributed by atoms with Crippen molar-refractivity contribution in [2.75, 3.05) is 11.1 Å². The molecule has 164 valence electrons. The number of carbonyl (C=O) groups is 1. The van der Waals surface area contributed by atoms with Gasteiger partial charge in [0.05, 0.1) is 11.4 Å². The van der Waals surface area contributed by atoms with Crippen molar-refractivity contribution in [3.05, 3.63) is 50.5 Å². The summed E-state index contributed by atoms with van der Waals surface area (Å²) in [4.78, 5) is 18.5. The van der Waals surface area contributed by atoms with Gasteiger partial charge in [-0.1, -0.05) is 35.5 Å². The highest BCUT2D eigenvalue weighted by Gasteiger charge is 2.21. The molecule has 4 aromatic rings. The SMILES string of the molecule is Cn1c(SCC(=O)Nc2nc(-c3ccc(Cl)cc3)cs2)nnc1-c1csc2c1CCCC2. The molecule has 10 heteroatoms. The Labute approximate surface area is 203 Å². The van der Waals surface area contributed by atoms with E-state index >= 15 is 0 Å². The van der Waals surface area contributed by atoms with Crippen molar-refractivity contribution in [2.45, 2.75) is 30.8 Å². The lowest BCUT2D eigenvalue weighted by Crippen LogP contribution is -2.14. The molecule has 0 unspecified atom stereocenters. The third kappa shape index (κ3) is 4.47. The first-order valence-electron chi connectivity index (χ1n) is 10.2. The summed E-state index contributed by atoms with van der Waals surface area (Å²) in [6, 6.07) is 7.47. The molecular weight excluding hydrogens is 482 g/mol. The summed E-state index contributed by atoms with van der Waals surface area (Å²) in [6.07, 6.45) is 4.77. The fraction of sp³-hybridized carbons (Fsp3) is 0.273. The van der Waals surface area contributed by atoms with Gasteiger partial charge in [0.1, 0.15) is 0 Å². The summed E-state index contributed by atoms with van der Waals surface area (Å²) in [5, 5.41) is 17.7. The summed E-state index contributed by atoms with van der Waals surface area (Å²) in [5.74, 6) is 0.994. The van der Waals surface area contributed by atoms with Crippen molar-refractivity contribution in [3.63, 3.8) is 0 Å². The molecule has 3 heterocycles. The van der Waals surface area contributed by atoms with Gasteiger partial charge in [0.25, 0.3) is 0 Å². The van der Waals surface area contributed by atoms with Gasteiger partial charge in [-0.15, -0.1) is 32.9 Å². The fourth-order valence-corrected chi connectivity index (χ4v) is 6.42. The van der Waals surface area contributed by atoms with E-state index in [9.17, 15) is 4.79 Å². The van der Waals surface area contributed by atoms with Crippen LogP contribution in [0.4, 0.5) is 5.13 Å². The number of amides is 1. The number of thiophene rings is 1. The second kappa shape index (κ2) is 9.35. The molecule has 3 aromatic heterocycles. The number of aromatic nitrogens is 4. The van der Waals surface area contributed by atoms with Crippen LogP contribution in [-0.2, 0) is 24.7 Å². The third-order valence-electron chi connectivity index (χ3n) is 5.36. The molecule has 0 saturated carbocycles. The number of thiazole rings is 1. The standard InChI is InChI=1S/C22H20ClN5OS3/c1-28-20(16-10-30-18-5-3-2-4-15(16)18)26-27-22(28)32-12-19(29)25-21-24-17(11-31-21)13-6-8-14(23)9-7-13/h6-11H,2-5,12H2,1H3,(H,24,25,29). The van der Waals surface area contributed by atoms with Crippen LogP contribution in [0.15, 0.2) is 40.2 Å². The molecule has 0 radical (unpaired) electrons. The Balaban J connectivity index is 1.22. The summed E-state index contributed by atoms with van der Waals surface area (Å²) in [5.41, 5.74) is 4.38. The maximum Gasteiger partial charge on any atom is 0.236 e. The van der Waals surface area contributed by atoms with Gasteiger partial charge in [0.2, 0.25) is 5.91 Å². The third-order valence-corrected chi connectivity index (χ3v) is 8.48. The summed E-state index contributed by atoms with van der Waals surface area (Å²) in [7, 11) is 1.96. The molecule has 0 spiro atoms. The minimum atomic E-state index is -0.121. The number of benzene rings is 1. The van der Waals surface area contributed by atoms with E-state index < -0.39 is 0 Å². The first-order chi connectivity index (χ1) is 15.6. The van der Waals surface area contributed by atoms with Crippen molar-refractivity contribution >= 4 is 57.1 Å². The summed E-state index contributed by atoms with van der Waals surface area (Å²) < 4.78 is 1.98. The van der Waals surface area contributed by atoms with E-state index in [4.69, 9.17) is 11.6 Å². The van der Waals surface area contributed by atoms with Gasteiger partial charge in [-0.2, -0.15) is 0 Å². The highest BCUT2D eigenvalue weighted by Crippen LogP contribution is 2.36. The van der Waals surface area contributed by atoms with E-state index in [1.54, 1.807) is 0 Å². The van der Waals surface area contributed by atoms with Crippen LogP contribution in [0.3, 0.4) is 0 Å². The molecule has 0 fully saturated rings. The van der Waals surface area contributed by atoms with E-state index in [1.807, 2.05) is 52.6 Å². The number of anilines is 1. The smallest absolute Gasteiger partial charge is 0.236 e. The molecule has 1 N–H and O–H groups in total. The number of rotatable bonds is 6. The first-order valence-corrected chi connectivity index (χ1v) is 13.3. The molecule has 1 aromatic carbocycles. The van der Waals surface area contributed by atoms with Crippen LogP contribution >= 0.6 is 46.0 Å². The second-order valence-corrected chi connectivity index (χ2v) is 10.7. The van der Waals surface area contributed by atoms with Gasteiger partial charge in [-0.25, -0.2) is 4.98 Å². The average molecular weight is 502 g/mol. The number of carbonyl (C=O) groups excluding carboxylic acids is 1. The lowest BCUT2D eigenvalue weighted by atomic mass is 9.96. The molecule has 1 amide bonds. The van der Waals surface area contributed by atoms with E-state index in [0.29, 0.717) is 10.2 Å². The van der Waals surface area contributed by atoms with Crippen LogP contribution in [0.25, 0.3) is 22.6 Å². The highest BCUT2D eigenvalue weighted by atomic mass is 35.5. The van der Waals surface area contributed by atoms with Crippen LogP contribution < -0.4 is 5.32 Å². The topological polar surface area (TPSA) is 72.7 Å². The largest absolute Gasteiger partial charge is 0.305 e. The second-order valence-electron chi connectivity index (χ2n) is 7.51. The minimum Gasteiger partial charge on any atom is -0.305 e. The Hall–Kier alpha value is -2.20. The van der Waals surface area contributed by atoms with E-state index in [0.717, 1.165) is 35.1 Å². The molecule has 0 atom stereocenters. The number of hydrogen-bond acceptors (Lipinski definition) is 7. The van der Waals surface area contributed by atoms with Crippen molar-refractivity contribution in [2.24, 2.45) is 7.05 Å². The number of thioether (sulfide) groups is 1. The minimum absolute atomic E-state index is 0.121. The Morgan fingerprint density at radius 1 is 1.16 bits per heavy atom. The normalized spacial score (nSPS) is 13.2. The quantitative estimate of drug-likeness (QED) is 0.331. The van der Waals surface area contributed by atoms with Crippen molar-refractivity contribution < 1.29 is 4.79 Å². The van der Waals surface area contributed by atoms with Crippen molar-refractivity contribution in [3.8, 4) is 22.6 Å². The van der Waals surface area contributed by atoms with Crippen LogP contribution in [-0.4, -0.2) is 31.4 Å². The highest BCUT2D eigenvalue weighted by molar-refractivity contribution is 7.99. The Morgan fingerprint density at radius 2 is 1.97 bits per heavy atom. The Morgan fingerprint density at radius 3 is 2.81 bits per heavy atom. The zero-order valence-corrected chi connectivity index (χ0v) is 20.5. The molecule has 32 heavy (non-hydrogen) atoms. The number of hydrogen-bond donors (Lipinski definition) is 1. The molecule has 5 rings (SSSR count). The number of nitrogens with zero attached hydrogens (tertiary/aromatic N) is 4. The number of nitrogens with one attached hydrogen (secondary N) is 1. The van der Waals surface area contributed by atoms with Gasteiger partial charge in [-0.05, 0) is 43.4 Å². The molecule has 0 bridgehead atoms. The maximum atomic E-state index is 12.5. The predicted molar refractivity (Wildman–Crippen MR) is 133 cm³/mol. The van der Waals surface area contributed by atoms with E-state index in [1.165, 1.54) is 51.9 Å². The number of aryl methyl sites for hydroxylation is 1. The average Bonchev–Trinajstić information content (AvgIpc) is 3.52. The fourth-order valence-electron chi connectivity index (χ4n) is 3.73. The summed E-state index contributed by atoms with van der Waals surface area (Å²) in [6.45, 7) is 0. The molecule has 1 aliphatic carbocycles. The van der Waals surface area contributed by atoms with Crippen LogP contribution in [0.1, 0.15) is 23.3 Å². The zero-order valence-electron chi connectivity index (χ0n) is 17.3. The monoisotopic (exact) mass is 501 g/mol. The van der Waals surface area contributed by atoms with Gasteiger partial charge in [-0.3, -0.25) is 4.79 Å². The van der Waals surface area contributed by atoms with Gasteiger partial charge in [0.15, 0.2) is 16.1 Å². The lowest BCUT2D eigenvalue weighted by molar-refractivity contribution is -0.113. The van der Waals surface area contributed by atoms with Gasteiger partial charge < -0.3 is 9.88 Å². The van der Waals surface area contributed by atoms with Gasteiger partial charge >= 0.3 is 0 Å². The van der Waals surface area contributed by atoms with E-state index in [-0.39, 0.29) is 11.7 Å². The maximum absolute atomic E-state index is 12.5. The number of fused-ring (bicyclic) bond motifs is 1. The molecule has 0 aliphatic heterocycles. The van der Waals surface area contributed by atoms with Crippen LogP contribution in [0.5, 0.6) is 0 Å². The van der Waals surface area contributed by atoms with Crippen molar-refractivity contribution in [1.82, 2.24) is 19.7 Å². The first kappa shape index (κ1) is 21.6. The Kier molecular flexibility index (Phi) is 6.32. The van der Waals surface area contributed by atoms with E-state index in [2.05, 4.69) is 25.9 Å². The Bertz CT molecular complexity index is 1260. The summed E-state index contributed by atoms with van der Waals surface area (Å²) >= 11 is 10.5. The van der Waals surface area contributed by atoms with Crippen LogP contribution in [0, 0.1) is 0 Å². The molecular formula is C22H20ClN5OS3.